The molecule has 0 spiro atoms. The monoisotopic (exact) mass is 246 g/mol. The molecule has 96 valence electrons. The maximum Gasteiger partial charge on any atom is 0.328 e. The number of hydrogen-bond acceptors (Lipinski definition) is 2. The van der Waals surface area contributed by atoms with Crippen LogP contribution in [0.1, 0.15) is 38.5 Å². The Kier molecular flexibility index (Phi) is 1.98. The van der Waals surface area contributed by atoms with Gasteiger partial charge in [0.25, 0.3) is 5.56 Å². The van der Waals surface area contributed by atoms with Crippen LogP contribution >= 0.6 is 0 Å². The standard InChI is InChI=1S/C14H18N2O2/c17-12-1-2-16(13(18)15-12)14-6-9-3-10(7-14)5-11(4-9)8-14/h1-2,9-11H,3-8H2,(H,15,17,18). The molecule has 4 saturated carbocycles. The molecule has 4 aliphatic rings. The van der Waals surface area contributed by atoms with Gasteiger partial charge in [-0.15, -0.1) is 0 Å². The minimum Gasteiger partial charge on any atom is -0.294 e. The fourth-order valence-electron chi connectivity index (χ4n) is 5.15. The number of nitrogens with zero attached hydrogens (tertiary/aromatic N) is 1. The van der Waals surface area contributed by atoms with Crippen molar-refractivity contribution >= 4 is 0 Å². The van der Waals surface area contributed by atoms with Gasteiger partial charge in [0.05, 0.1) is 0 Å². The highest BCUT2D eigenvalue weighted by Gasteiger charge is 2.52. The Hall–Kier alpha value is -1.32. The van der Waals surface area contributed by atoms with Crippen molar-refractivity contribution < 1.29 is 0 Å². The summed E-state index contributed by atoms with van der Waals surface area (Å²) in [6, 6.07) is 1.49. The van der Waals surface area contributed by atoms with E-state index < -0.39 is 0 Å². The van der Waals surface area contributed by atoms with Crippen molar-refractivity contribution in [3.63, 3.8) is 0 Å². The third kappa shape index (κ3) is 1.38. The summed E-state index contributed by atoms with van der Waals surface area (Å²) >= 11 is 0. The highest BCUT2D eigenvalue weighted by atomic mass is 16.2. The summed E-state index contributed by atoms with van der Waals surface area (Å²) in [6.07, 6.45) is 9.18. The van der Waals surface area contributed by atoms with Crippen LogP contribution in [0.2, 0.25) is 0 Å². The summed E-state index contributed by atoms with van der Waals surface area (Å²) in [7, 11) is 0. The summed E-state index contributed by atoms with van der Waals surface area (Å²) in [5, 5.41) is 0. The first-order valence-corrected chi connectivity index (χ1v) is 6.97. The second-order valence-corrected chi connectivity index (χ2v) is 6.62. The van der Waals surface area contributed by atoms with Crippen LogP contribution in [0, 0.1) is 17.8 Å². The molecule has 4 fully saturated rings. The molecule has 4 nitrogen and oxygen atoms in total. The Balaban J connectivity index is 1.84. The molecule has 4 heteroatoms. The first-order chi connectivity index (χ1) is 8.64. The topological polar surface area (TPSA) is 54.9 Å². The van der Waals surface area contributed by atoms with Crippen LogP contribution in [-0.2, 0) is 5.54 Å². The van der Waals surface area contributed by atoms with Gasteiger partial charge < -0.3 is 0 Å². The molecule has 0 atom stereocenters. The van der Waals surface area contributed by atoms with E-state index in [0.29, 0.717) is 0 Å². The zero-order chi connectivity index (χ0) is 12.3. The van der Waals surface area contributed by atoms with Gasteiger partial charge in [0, 0.05) is 17.8 Å². The quantitative estimate of drug-likeness (QED) is 0.815. The van der Waals surface area contributed by atoms with Crippen LogP contribution in [0.4, 0.5) is 0 Å². The van der Waals surface area contributed by atoms with E-state index in [0.717, 1.165) is 37.0 Å². The Labute approximate surface area is 105 Å². The van der Waals surface area contributed by atoms with E-state index in [1.54, 1.807) is 6.20 Å². The highest BCUT2D eigenvalue weighted by Crippen LogP contribution is 2.58. The van der Waals surface area contributed by atoms with Crippen LogP contribution < -0.4 is 11.2 Å². The predicted octanol–water partition coefficient (Wildman–Crippen LogP) is 1.46. The number of rotatable bonds is 1. The molecule has 1 aromatic rings. The summed E-state index contributed by atoms with van der Waals surface area (Å²) < 4.78 is 1.83. The maximum atomic E-state index is 12.1. The van der Waals surface area contributed by atoms with E-state index in [9.17, 15) is 9.59 Å². The minimum atomic E-state index is -0.291. The van der Waals surface area contributed by atoms with E-state index in [4.69, 9.17) is 0 Å². The summed E-state index contributed by atoms with van der Waals surface area (Å²) in [4.78, 5) is 25.7. The Morgan fingerprint density at radius 3 is 2.11 bits per heavy atom. The maximum absolute atomic E-state index is 12.1. The third-order valence-electron chi connectivity index (χ3n) is 5.34. The molecule has 0 aromatic carbocycles. The summed E-state index contributed by atoms with van der Waals surface area (Å²) in [5.74, 6) is 2.40. The lowest BCUT2D eigenvalue weighted by Crippen LogP contribution is -2.55. The van der Waals surface area contributed by atoms with Gasteiger partial charge in [0.15, 0.2) is 0 Å². The lowest BCUT2D eigenvalue weighted by Gasteiger charge is -2.57. The number of hydrogen-bond donors (Lipinski definition) is 1. The molecule has 0 radical (unpaired) electrons. The fraction of sp³-hybridized carbons (Fsp3) is 0.714. The van der Waals surface area contributed by atoms with E-state index in [1.165, 1.54) is 25.3 Å². The largest absolute Gasteiger partial charge is 0.328 e. The Morgan fingerprint density at radius 2 is 1.61 bits per heavy atom. The van der Waals surface area contributed by atoms with Crippen molar-refractivity contribution in [2.75, 3.05) is 0 Å². The molecule has 0 amide bonds. The molecule has 18 heavy (non-hydrogen) atoms. The zero-order valence-electron chi connectivity index (χ0n) is 10.4. The number of nitrogens with one attached hydrogen (secondary N) is 1. The SMILES string of the molecule is O=c1ccn(C23CC4CC(CC(C4)C2)C3)c(=O)[nH]1. The highest BCUT2D eigenvalue weighted by molar-refractivity contribution is 5.06. The van der Waals surface area contributed by atoms with Crippen molar-refractivity contribution in [2.24, 2.45) is 17.8 Å². The van der Waals surface area contributed by atoms with Crippen molar-refractivity contribution in [1.29, 1.82) is 0 Å². The van der Waals surface area contributed by atoms with Gasteiger partial charge in [-0.1, -0.05) is 0 Å². The van der Waals surface area contributed by atoms with Crippen molar-refractivity contribution in [1.82, 2.24) is 9.55 Å². The molecule has 5 rings (SSSR count). The molecule has 0 saturated heterocycles. The van der Waals surface area contributed by atoms with E-state index in [-0.39, 0.29) is 16.8 Å². The third-order valence-corrected chi connectivity index (χ3v) is 5.34. The van der Waals surface area contributed by atoms with Gasteiger partial charge in [-0.05, 0) is 56.3 Å². The zero-order valence-corrected chi connectivity index (χ0v) is 10.4. The summed E-state index contributed by atoms with van der Waals surface area (Å²) in [6.45, 7) is 0. The van der Waals surface area contributed by atoms with Gasteiger partial charge in [0.1, 0.15) is 0 Å². The smallest absolute Gasteiger partial charge is 0.294 e. The average molecular weight is 246 g/mol. The lowest BCUT2D eigenvalue weighted by molar-refractivity contribution is -0.0455. The average Bonchev–Trinajstić information content (AvgIpc) is 2.26. The second-order valence-electron chi connectivity index (χ2n) is 6.62. The molecule has 0 unspecified atom stereocenters. The van der Waals surface area contributed by atoms with Crippen LogP contribution in [0.5, 0.6) is 0 Å². The van der Waals surface area contributed by atoms with Crippen LogP contribution in [0.3, 0.4) is 0 Å². The molecule has 0 aliphatic heterocycles. The van der Waals surface area contributed by atoms with E-state index >= 15 is 0 Å². The first-order valence-electron chi connectivity index (χ1n) is 6.97. The van der Waals surface area contributed by atoms with E-state index in [2.05, 4.69) is 4.98 Å². The van der Waals surface area contributed by atoms with Gasteiger partial charge in [-0.2, -0.15) is 0 Å². The second kappa shape index (κ2) is 3.37. The fourth-order valence-corrected chi connectivity index (χ4v) is 5.15. The number of H-pyrrole nitrogens is 1. The lowest BCUT2D eigenvalue weighted by atomic mass is 9.53. The molecule has 1 heterocycles. The molecule has 4 bridgehead atoms. The molecular formula is C14H18N2O2. The van der Waals surface area contributed by atoms with Gasteiger partial charge in [-0.3, -0.25) is 14.3 Å². The normalized spacial score (nSPS) is 41.2. The van der Waals surface area contributed by atoms with Crippen molar-refractivity contribution in [3.05, 3.63) is 33.1 Å². The van der Waals surface area contributed by atoms with Crippen molar-refractivity contribution in [2.45, 2.75) is 44.1 Å². The molecule has 4 aliphatic carbocycles. The van der Waals surface area contributed by atoms with Crippen LogP contribution in [-0.4, -0.2) is 9.55 Å². The van der Waals surface area contributed by atoms with Crippen LogP contribution in [0.15, 0.2) is 21.9 Å². The first kappa shape index (κ1) is 10.6. The van der Waals surface area contributed by atoms with Gasteiger partial charge in [-0.25, -0.2) is 4.79 Å². The molecular weight excluding hydrogens is 228 g/mol. The Bertz CT molecular complexity index is 563. The number of aromatic nitrogens is 2. The van der Waals surface area contributed by atoms with Gasteiger partial charge >= 0.3 is 5.69 Å². The minimum absolute atomic E-state index is 0.00995. The molecule has 1 aromatic heterocycles. The number of aromatic amines is 1. The predicted molar refractivity (Wildman–Crippen MR) is 67.5 cm³/mol. The molecule has 1 N–H and O–H groups in total. The Morgan fingerprint density at radius 1 is 1.06 bits per heavy atom. The van der Waals surface area contributed by atoms with Gasteiger partial charge in [0.2, 0.25) is 0 Å². The van der Waals surface area contributed by atoms with E-state index in [1.807, 2.05) is 4.57 Å². The van der Waals surface area contributed by atoms with Crippen LogP contribution in [0.25, 0.3) is 0 Å². The summed E-state index contributed by atoms with van der Waals surface area (Å²) in [5.41, 5.74) is -0.499. The van der Waals surface area contributed by atoms with Crippen molar-refractivity contribution in [3.8, 4) is 0 Å².